The quantitative estimate of drug-likeness (QED) is 0.741. The average Bonchev–Trinajstić information content (AvgIpc) is 2.50. The highest BCUT2D eigenvalue weighted by Gasteiger charge is 2.04. The molecule has 0 radical (unpaired) electrons. The van der Waals surface area contributed by atoms with Crippen molar-refractivity contribution in [3.63, 3.8) is 0 Å². The molecular formula is C17H19N3O3. The number of nitrogens with one attached hydrogen (secondary N) is 2. The Kier molecular flexibility index (Phi) is 5.19. The maximum absolute atomic E-state index is 11.8. The fraction of sp³-hybridized carbons (Fsp3) is 0.176. The highest BCUT2D eigenvalue weighted by atomic mass is 16.5. The number of anilines is 1. The zero-order valence-corrected chi connectivity index (χ0v) is 13.1. The van der Waals surface area contributed by atoms with Crippen molar-refractivity contribution < 1.29 is 14.3 Å². The number of aryl methyl sites for hydroxylation is 2. The van der Waals surface area contributed by atoms with Crippen LogP contribution < -0.4 is 21.1 Å². The first kappa shape index (κ1) is 16.4. The lowest BCUT2D eigenvalue weighted by Crippen LogP contribution is -2.32. The summed E-state index contributed by atoms with van der Waals surface area (Å²) >= 11 is 0. The van der Waals surface area contributed by atoms with E-state index < -0.39 is 11.9 Å². The van der Waals surface area contributed by atoms with Crippen LogP contribution in [0.1, 0.15) is 21.5 Å². The van der Waals surface area contributed by atoms with Gasteiger partial charge in [-0.2, -0.15) is 0 Å². The van der Waals surface area contributed by atoms with Gasteiger partial charge in [-0.15, -0.1) is 0 Å². The van der Waals surface area contributed by atoms with Gasteiger partial charge in [0.15, 0.2) is 6.73 Å². The highest BCUT2D eigenvalue weighted by Crippen LogP contribution is 2.18. The van der Waals surface area contributed by atoms with Crippen molar-refractivity contribution in [3.05, 3.63) is 59.2 Å². The normalized spacial score (nSPS) is 10.0. The summed E-state index contributed by atoms with van der Waals surface area (Å²) in [6, 6.07) is 11.7. The van der Waals surface area contributed by atoms with Gasteiger partial charge in [0.05, 0.1) is 0 Å². The molecule has 0 aliphatic rings. The predicted octanol–water partition coefficient (Wildman–Crippen LogP) is 2.56. The molecule has 120 valence electrons. The van der Waals surface area contributed by atoms with Crippen LogP contribution in [0.3, 0.4) is 0 Å². The van der Waals surface area contributed by atoms with E-state index in [-0.39, 0.29) is 6.73 Å². The molecule has 0 heterocycles. The second kappa shape index (κ2) is 7.31. The molecule has 0 aromatic heterocycles. The van der Waals surface area contributed by atoms with E-state index in [0.717, 1.165) is 16.9 Å². The van der Waals surface area contributed by atoms with Gasteiger partial charge in [0.25, 0.3) is 0 Å². The van der Waals surface area contributed by atoms with Crippen LogP contribution in [-0.2, 0) is 0 Å². The number of benzene rings is 2. The third kappa shape index (κ3) is 4.74. The number of nitrogens with two attached hydrogens (primary N) is 1. The second-order valence-electron chi connectivity index (χ2n) is 5.13. The number of hydrogen-bond donors (Lipinski definition) is 3. The number of ether oxygens (including phenoxy) is 1. The van der Waals surface area contributed by atoms with Crippen molar-refractivity contribution in [2.45, 2.75) is 13.8 Å². The molecule has 4 N–H and O–H groups in total. The van der Waals surface area contributed by atoms with E-state index in [0.29, 0.717) is 11.3 Å². The fourth-order valence-corrected chi connectivity index (χ4v) is 2.03. The Hall–Kier alpha value is -3.02. The van der Waals surface area contributed by atoms with Gasteiger partial charge in [-0.05, 0) is 49.7 Å². The molecular weight excluding hydrogens is 294 g/mol. The monoisotopic (exact) mass is 313 g/mol. The minimum absolute atomic E-state index is 0.0507. The molecule has 0 saturated heterocycles. The Morgan fingerprint density at radius 2 is 1.78 bits per heavy atom. The Morgan fingerprint density at radius 3 is 2.39 bits per heavy atom. The van der Waals surface area contributed by atoms with Crippen LogP contribution in [0, 0.1) is 13.8 Å². The van der Waals surface area contributed by atoms with E-state index in [1.807, 2.05) is 32.0 Å². The number of rotatable bonds is 5. The molecule has 6 nitrogen and oxygen atoms in total. The van der Waals surface area contributed by atoms with Gasteiger partial charge in [0, 0.05) is 11.3 Å². The van der Waals surface area contributed by atoms with Gasteiger partial charge in [-0.1, -0.05) is 17.7 Å². The van der Waals surface area contributed by atoms with Crippen LogP contribution in [0.15, 0.2) is 42.5 Å². The summed E-state index contributed by atoms with van der Waals surface area (Å²) in [5.41, 5.74) is 8.25. The summed E-state index contributed by atoms with van der Waals surface area (Å²) in [5, 5.41) is 5.23. The lowest BCUT2D eigenvalue weighted by Gasteiger charge is -2.11. The lowest BCUT2D eigenvalue weighted by molar-refractivity contribution is 0.100. The number of amides is 3. The van der Waals surface area contributed by atoms with E-state index in [2.05, 4.69) is 10.6 Å². The largest absolute Gasteiger partial charge is 0.473 e. The first-order valence-corrected chi connectivity index (χ1v) is 7.10. The summed E-state index contributed by atoms with van der Waals surface area (Å²) in [6.45, 7) is 4.00. The molecule has 0 unspecified atom stereocenters. The zero-order valence-electron chi connectivity index (χ0n) is 13.1. The van der Waals surface area contributed by atoms with Crippen LogP contribution in [0.25, 0.3) is 0 Å². The third-order valence-electron chi connectivity index (χ3n) is 3.22. The van der Waals surface area contributed by atoms with Crippen molar-refractivity contribution in [1.29, 1.82) is 0 Å². The van der Waals surface area contributed by atoms with Crippen LogP contribution in [-0.4, -0.2) is 18.7 Å². The molecule has 0 fully saturated rings. The van der Waals surface area contributed by atoms with E-state index in [1.165, 1.54) is 0 Å². The fourth-order valence-electron chi connectivity index (χ4n) is 2.03. The van der Waals surface area contributed by atoms with Gasteiger partial charge in [-0.25, -0.2) is 4.79 Å². The van der Waals surface area contributed by atoms with Crippen molar-refractivity contribution in [3.8, 4) is 5.75 Å². The molecule has 23 heavy (non-hydrogen) atoms. The Balaban J connectivity index is 1.82. The standard InChI is InChI=1S/C17H19N3O3/c1-11-3-8-15(12(2)9-11)23-10-19-17(22)20-14-6-4-13(5-7-14)16(18)21/h3-9H,10H2,1-2H3,(H2,18,21)(H2,19,20,22). The molecule has 6 heteroatoms. The predicted molar refractivity (Wildman–Crippen MR) is 88.5 cm³/mol. The molecule has 3 amide bonds. The van der Waals surface area contributed by atoms with Gasteiger partial charge in [-0.3, -0.25) is 4.79 Å². The SMILES string of the molecule is Cc1ccc(OCNC(=O)Nc2ccc(C(N)=O)cc2)c(C)c1. The zero-order chi connectivity index (χ0) is 16.8. The van der Waals surface area contributed by atoms with Gasteiger partial charge in [0.1, 0.15) is 5.75 Å². The minimum atomic E-state index is -0.511. The van der Waals surface area contributed by atoms with Crippen molar-refractivity contribution in [2.24, 2.45) is 5.73 Å². The summed E-state index contributed by atoms with van der Waals surface area (Å²) in [4.78, 5) is 22.7. The maximum Gasteiger partial charge on any atom is 0.321 e. The number of carbonyl (C=O) groups is 2. The smallest absolute Gasteiger partial charge is 0.321 e. The molecule has 0 bridgehead atoms. The van der Waals surface area contributed by atoms with E-state index >= 15 is 0 Å². The van der Waals surface area contributed by atoms with Crippen LogP contribution in [0.5, 0.6) is 5.75 Å². The molecule has 0 aliphatic heterocycles. The van der Waals surface area contributed by atoms with Gasteiger partial charge in [0.2, 0.25) is 5.91 Å². The van der Waals surface area contributed by atoms with E-state index in [9.17, 15) is 9.59 Å². The summed E-state index contributed by atoms with van der Waals surface area (Å²) < 4.78 is 5.52. The number of urea groups is 1. The van der Waals surface area contributed by atoms with Gasteiger partial charge >= 0.3 is 6.03 Å². The Morgan fingerprint density at radius 1 is 1.09 bits per heavy atom. The average molecular weight is 313 g/mol. The molecule has 0 spiro atoms. The Bertz CT molecular complexity index is 712. The first-order valence-electron chi connectivity index (χ1n) is 7.10. The topological polar surface area (TPSA) is 93.4 Å². The minimum Gasteiger partial charge on any atom is -0.473 e. The van der Waals surface area contributed by atoms with Crippen LogP contribution in [0.4, 0.5) is 10.5 Å². The summed E-state index contributed by atoms with van der Waals surface area (Å²) in [7, 11) is 0. The summed E-state index contributed by atoms with van der Waals surface area (Å²) in [5.74, 6) is 0.213. The molecule has 2 aromatic rings. The first-order chi connectivity index (χ1) is 11.0. The number of primary amides is 1. The van der Waals surface area contributed by atoms with Crippen LogP contribution >= 0.6 is 0 Å². The third-order valence-corrected chi connectivity index (χ3v) is 3.22. The number of hydrogen-bond acceptors (Lipinski definition) is 3. The Labute approximate surface area is 134 Å². The summed E-state index contributed by atoms with van der Waals surface area (Å²) in [6.07, 6.45) is 0. The van der Waals surface area contributed by atoms with E-state index in [4.69, 9.17) is 10.5 Å². The van der Waals surface area contributed by atoms with Gasteiger partial charge < -0.3 is 21.1 Å². The molecule has 0 atom stereocenters. The van der Waals surface area contributed by atoms with Crippen molar-refractivity contribution in [2.75, 3.05) is 12.0 Å². The highest BCUT2D eigenvalue weighted by molar-refractivity contribution is 5.94. The molecule has 0 aliphatic carbocycles. The maximum atomic E-state index is 11.8. The molecule has 2 rings (SSSR count). The molecule has 0 saturated carbocycles. The van der Waals surface area contributed by atoms with Crippen molar-refractivity contribution >= 4 is 17.6 Å². The van der Waals surface area contributed by atoms with Crippen molar-refractivity contribution in [1.82, 2.24) is 5.32 Å². The lowest BCUT2D eigenvalue weighted by atomic mass is 10.1. The van der Waals surface area contributed by atoms with E-state index in [1.54, 1.807) is 24.3 Å². The van der Waals surface area contributed by atoms with Crippen LogP contribution in [0.2, 0.25) is 0 Å². The second-order valence-corrected chi connectivity index (χ2v) is 5.13. The number of carbonyl (C=O) groups excluding carboxylic acids is 2. The molecule has 2 aromatic carbocycles.